The van der Waals surface area contributed by atoms with Crippen molar-refractivity contribution in [3.63, 3.8) is 0 Å². The van der Waals surface area contributed by atoms with Crippen molar-refractivity contribution in [2.75, 3.05) is 12.5 Å². The van der Waals surface area contributed by atoms with Gasteiger partial charge in [-0.15, -0.1) is 23.5 Å². The highest BCUT2D eigenvalue weighted by molar-refractivity contribution is 7.98. The van der Waals surface area contributed by atoms with Crippen molar-refractivity contribution >= 4 is 46.2 Å². The number of carbonyl (C=O) groups excluding carboxylic acids is 2. The lowest BCUT2D eigenvalue weighted by Crippen LogP contribution is -2.06. The molecule has 0 fully saturated rings. The summed E-state index contributed by atoms with van der Waals surface area (Å²) in [4.78, 5) is 24.0. The molecule has 2 rings (SSSR count). The van der Waals surface area contributed by atoms with E-state index in [-0.39, 0.29) is 22.9 Å². The molecule has 27 heavy (non-hydrogen) atoms. The lowest BCUT2D eigenvalue weighted by molar-refractivity contribution is -0.114. The van der Waals surface area contributed by atoms with Gasteiger partial charge in [-0.1, -0.05) is 58.0 Å². The number of carbonyl (C=O) groups is 2. The first-order valence-corrected chi connectivity index (χ1v) is 11.5. The highest BCUT2D eigenvalue weighted by Gasteiger charge is 2.09. The third-order valence-electron chi connectivity index (χ3n) is 3.33. The van der Waals surface area contributed by atoms with Crippen molar-refractivity contribution in [1.82, 2.24) is 0 Å². The Morgan fingerprint density at radius 3 is 1.44 bits per heavy atom. The Bertz CT molecular complexity index is 668. The number of halogens is 1. The number of thioether (sulfide) groups is 2. The molecule has 2 nitrogen and oxygen atoms in total. The Kier molecular flexibility index (Phi) is 14.1. The Labute approximate surface area is 177 Å². The summed E-state index contributed by atoms with van der Waals surface area (Å²) in [5.74, 6) is 0.277. The molecule has 0 aliphatic carbocycles. The first-order chi connectivity index (χ1) is 12.7. The van der Waals surface area contributed by atoms with Crippen molar-refractivity contribution in [1.29, 1.82) is 0 Å². The maximum Gasteiger partial charge on any atom is 0.224 e. The predicted octanol–water partition coefficient (Wildman–Crippen LogP) is 7.06. The lowest BCUT2D eigenvalue weighted by atomic mass is 10.0. The van der Waals surface area contributed by atoms with E-state index in [4.69, 9.17) is 11.6 Å². The van der Waals surface area contributed by atoms with Crippen molar-refractivity contribution < 1.29 is 9.59 Å². The molecule has 0 aliphatic heterocycles. The van der Waals surface area contributed by atoms with Gasteiger partial charge in [-0.2, -0.15) is 0 Å². The Hall–Kier alpha value is -1.23. The minimum Gasteiger partial charge on any atom is -0.294 e. The van der Waals surface area contributed by atoms with Crippen LogP contribution in [0.5, 0.6) is 0 Å². The molecular weight excluding hydrogens is 396 g/mol. The second kappa shape index (κ2) is 14.8. The second-order valence-corrected chi connectivity index (χ2v) is 8.36. The van der Waals surface area contributed by atoms with Crippen LogP contribution >= 0.6 is 35.1 Å². The van der Waals surface area contributed by atoms with Crippen LogP contribution in [0.15, 0.2) is 64.4 Å². The van der Waals surface area contributed by atoms with Crippen LogP contribution in [0.3, 0.4) is 0 Å². The van der Waals surface area contributed by atoms with Crippen LogP contribution in [0.1, 0.15) is 38.1 Å². The number of rotatable bonds is 5. The van der Waals surface area contributed by atoms with Crippen LogP contribution in [0, 0.1) is 11.8 Å². The first kappa shape index (κ1) is 25.8. The molecule has 0 saturated heterocycles. The molecule has 148 valence electrons. The zero-order chi connectivity index (χ0) is 20.8. The monoisotopic (exact) mass is 424 g/mol. The van der Waals surface area contributed by atoms with Gasteiger partial charge in [0.15, 0.2) is 5.78 Å². The number of ketones is 1. The van der Waals surface area contributed by atoms with Gasteiger partial charge < -0.3 is 0 Å². The number of hydrogen-bond donors (Lipinski definition) is 0. The zero-order valence-corrected chi connectivity index (χ0v) is 19.3. The molecule has 0 atom stereocenters. The van der Waals surface area contributed by atoms with Gasteiger partial charge in [-0.25, -0.2) is 0 Å². The van der Waals surface area contributed by atoms with Crippen LogP contribution in [0.2, 0.25) is 0 Å². The zero-order valence-electron chi connectivity index (χ0n) is 16.9. The Morgan fingerprint density at radius 2 is 1.15 bits per heavy atom. The topological polar surface area (TPSA) is 34.1 Å². The van der Waals surface area contributed by atoms with Crippen LogP contribution in [0.25, 0.3) is 0 Å². The molecule has 0 unspecified atom stereocenters. The molecule has 0 radical (unpaired) electrons. The molecule has 2 aromatic rings. The van der Waals surface area contributed by atoms with E-state index in [0.29, 0.717) is 0 Å². The molecule has 0 spiro atoms. The quantitative estimate of drug-likeness (QED) is 0.292. The maximum atomic E-state index is 11.5. The van der Waals surface area contributed by atoms with Gasteiger partial charge in [0.2, 0.25) is 5.24 Å². The fraction of sp³-hybridized carbons (Fsp3) is 0.364. The minimum absolute atomic E-state index is 0.0216. The summed E-state index contributed by atoms with van der Waals surface area (Å²) < 4.78 is 0. The maximum absolute atomic E-state index is 11.5. The summed E-state index contributed by atoms with van der Waals surface area (Å²) in [6.07, 6.45) is 4.11. The summed E-state index contributed by atoms with van der Waals surface area (Å²) in [6, 6.07) is 18.1. The van der Waals surface area contributed by atoms with Crippen LogP contribution < -0.4 is 0 Å². The van der Waals surface area contributed by atoms with Gasteiger partial charge in [0.05, 0.1) is 0 Å². The number of benzene rings is 2. The third kappa shape index (κ3) is 12.0. The SMILES string of the molecule is CC(C)C(=O)Cl.CSc1ccc(C(=O)C(C)C)cc1.CSc1ccccc1. The molecule has 0 heterocycles. The van der Waals surface area contributed by atoms with Gasteiger partial charge >= 0.3 is 0 Å². The molecule has 0 amide bonds. The average molecular weight is 425 g/mol. The summed E-state index contributed by atoms with van der Waals surface area (Å²) >= 11 is 8.43. The van der Waals surface area contributed by atoms with E-state index in [1.807, 2.05) is 62.6 Å². The van der Waals surface area contributed by atoms with Gasteiger partial charge in [-0.3, -0.25) is 9.59 Å². The lowest BCUT2D eigenvalue weighted by Gasteiger charge is -2.04. The van der Waals surface area contributed by atoms with Crippen molar-refractivity contribution in [2.45, 2.75) is 37.5 Å². The molecular formula is C22H29ClO2S2. The standard InChI is InChI=1S/C11H14OS.C7H8S.C4H7ClO/c1-8(2)11(12)9-4-6-10(13-3)7-5-9;1-8-7-5-3-2-4-6-7;1-3(2)4(5)6/h4-8H,1-3H3;2-6H,1H3;3H,1-2H3. The molecule has 0 saturated carbocycles. The van der Waals surface area contributed by atoms with E-state index in [9.17, 15) is 9.59 Å². The minimum atomic E-state index is -0.269. The van der Waals surface area contributed by atoms with Crippen LogP contribution in [-0.4, -0.2) is 23.5 Å². The summed E-state index contributed by atoms with van der Waals surface area (Å²) in [7, 11) is 0. The van der Waals surface area contributed by atoms with E-state index in [2.05, 4.69) is 18.4 Å². The molecule has 0 bridgehead atoms. The summed E-state index contributed by atoms with van der Waals surface area (Å²) in [6.45, 7) is 7.36. The van der Waals surface area contributed by atoms with Crippen molar-refractivity contribution in [3.8, 4) is 0 Å². The Morgan fingerprint density at radius 1 is 0.741 bits per heavy atom. The highest BCUT2D eigenvalue weighted by atomic mass is 35.5. The molecule has 2 aromatic carbocycles. The normalized spacial score (nSPS) is 9.81. The molecule has 0 aromatic heterocycles. The van der Waals surface area contributed by atoms with E-state index in [0.717, 1.165) is 5.56 Å². The van der Waals surface area contributed by atoms with E-state index in [1.165, 1.54) is 9.79 Å². The summed E-state index contributed by atoms with van der Waals surface area (Å²) in [5, 5.41) is -0.269. The van der Waals surface area contributed by atoms with E-state index < -0.39 is 0 Å². The van der Waals surface area contributed by atoms with E-state index >= 15 is 0 Å². The molecule has 0 aliphatic rings. The fourth-order valence-corrected chi connectivity index (χ4v) is 2.48. The first-order valence-electron chi connectivity index (χ1n) is 8.69. The third-order valence-corrected chi connectivity index (χ3v) is 5.26. The second-order valence-electron chi connectivity index (χ2n) is 6.22. The number of Topliss-reactive ketones (excluding diaryl/α,β-unsaturated/α-hetero) is 1. The van der Waals surface area contributed by atoms with E-state index in [1.54, 1.807) is 37.4 Å². The molecule has 5 heteroatoms. The average Bonchev–Trinajstić information content (AvgIpc) is 2.69. The summed E-state index contributed by atoms with van der Waals surface area (Å²) in [5.41, 5.74) is 0.813. The Balaban J connectivity index is 0.000000413. The highest BCUT2D eigenvalue weighted by Crippen LogP contribution is 2.16. The van der Waals surface area contributed by atoms with Gasteiger partial charge in [0.1, 0.15) is 0 Å². The fourth-order valence-electron chi connectivity index (χ4n) is 1.65. The van der Waals surface area contributed by atoms with Crippen molar-refractivity contribution in [3.05, 3.63) is 60.2 Å². The van der Waals surface area contributed by atoms with Gasteiger partial charge in [-0.05, 0) is 48.4 Å². The van der Waals surface area contributed by atoms with Crippen LogP contribution in [0.4, 0.5) is 0 Å². The van der Waals surface area contributed by atoms with Gasteiger partial charge in [0, 0.05) is 27.2 Å². The van der Waals surface area contributed by atoms with Gasteiger partial charge in [0.25, 0.3) is 0 Å². The van der Waals surface area contributed by atoms with Crippen LogP contribution in [-0.2, 0) is 4.79 Å². The molecule has 0 N–H and O–H groups in total. The van der Waals surface area contributed by atoms with Crippen molar-refractivity contribution in [2.24, 2.45) is 11.8 Å². The number of hydrogen-bond acceptors (Lipinski definition) is 4. The smallest absolute Gasteiger partial charge is 0.224 e. The largest absolute Gasteiger partial charge is 0.294 e. The predicted molar refractivity (Wildman–Crippen MR) is 121 cm³/mol.